The van der Waals surface area contributed by atoms with E-state index in [-0.39, 0.29) is 5.60 Å². The molecule has 0 aliphatic carbocycles. The zero-order valence-corrected chi connectivity index (χ0v) is 13.7. The minimum atomic E-state index is -0.0199. The van der Waals surface area contributed by atoms with Gasteiger partial charge < -0.3 is 10.1 Å². The summed E-state index contributed by atoms with van der Waals surface area (Å²) in [6.07, 6.45) is 2.11. The summed E-state index contributed by atoms with van der Waals surface area (Å²) in [6.45, 7) is 7.20. The van der Waals surface area contributed by atoms with Crippen LogP contribution in [-0.4, -0.2) is 23.2 Å². The molecule has 1 saturated heterocycles. The van der Waals surface area contributed by atoms with Gasteiger partial charge in [0.1, 0.15) is 0 Å². The Labute approximate surface area is 130 Å². The molecule has 4 heteroatoms. The number of nitrogens with one attached hydrogen (secondary N) is 1. The molecule has 0 amide bonds. The fourth-order valence-electron chi connectivity index (χ4n) is 2.82. The largest absolute Gasteiger partial charge is 0.382 e. The second-order valence-electron chi connectivity index (χ2n) is 6.27. The third kappa shape index (κ3) is 3.63. The van der Waals surface area contributed by atoms with Crippen LogP contribution in [0.2, 0.25) is 0 Å². The monoisotopic (exact) mass is 302 g/mol. The number of hydrogen-bond acceptors (Lipinski definition) is 4. The van der Waals surface area contributed by atoms with Crippen LogP contribution in [0.25, 0.3) is 11.3 Å². The molecular weight excluding hydrogens is 280 g/mol. The molecule has 0 bridgehead atoms. The molecule has 0 radical (unpaired) electrons. The first kappa shape index (κ1) is 14.5. The molecule has 3 nitrogen and oxygen atoms in total. The van der Waals surface area contributed by atoms with E-state index in [0.29, 0.717) is 6.04 Å². The van der Waals surface area contributed by atoms with Crippen molar-refractivity contribution in [2.45, 2.75) is 45.3 Å². The molecule has 2 heterocycles. The Hall–Kier alpha value is -1.39. The van der Waals surface area contributed by atoms with E-state index in [4.69, 9.17) is 4.74 Å². The number of hydrogen-bond donors (Lipinski definition) is 1. The average Bonchev–Trinajstić information content (AvgIpc) is 2.85. The summed E-state index contributed by atoms with van der Waals surface area (Å²) in [7, 11) is 0. The normalized spacial score (nSPS) is 21.2. The highest BCUT2D eigenvalue weighted by Gasteiger charge is 2.28. The molecule has 112 valence electrons. The SMILES string of the molecule is Cc1nc(-c2ccc(NC3CCOC(C)(C)C3)cc2)cs1. The number of aryl methyl sites for hydroxylation is 1. The van der Waals surface area contributed by atoms with Gasteiger partial charge in [-0.3, -0.25) is 0 Å². The lowest BCUT2D eigenvalue weighted by Gasteiger charge is -2.36. The molecule has 2 aromatic rings. The van der Waals surface area contributed by atoms with Gasteiger partial charge in [0.05, 0.1) is 16.3 Å². The predicted octanol–water partition coefficient (Wildman–Crippen LogP) is 4.49. The van der Waals surface area contributed by atoms with Crippen molar-refractivity contribution >= 4 is 17.0 Å². The molecule has 1 aliphatic rings. The molecule has 1 aliphatic heterocycles. The van der Waals surface area contributed by atoms with Crippen molar-refractivity contribution in [3.63, 3.8) is 0 Å². The van der Waals surface area contributed by atoms with Crippen LogP contribution in [0.1, 0.15) is 31.7 Å². The summed E-state index contributed by atoms with van der Waals surface area (Å²) < 4.78 is 5.77. The van der Waals surface area contributed by atoms with Crippen LogP contribution in [0.15, 0.2) is 29.6 Å². The molecular formula is C17H22N2OS. The zero-order valence-electron chi connectivity index (χ0n) is 12.8. The van der Waals surface area contributed by atoms with Gasteiger partial charge in [-0.25, -0.2) is 4.98 Å². The van der Waals surface area contributed by atoms with E-state index in [2.05, 4.69) is 53.8 Å². The van der Waals surface area contributed by atoms with Crippen molar-refractivity contribution in [2.75, 3.05) is 11.9 Å². The number of thiazole rings is 1. The lowest BCUT2D eigenvalue weighted by atomic mass is 9.94. The summed E-state index contributed by atoms with van der Waals surface area (Å²) in [5.74, 6) is 0. The van der Waals surface area contributed by atoms with E-state index >= 15 is 0 Å². The van der Waals surface area contributed by atoms with Gasteiger partial charge >= 0.3 is 0 Å². The third-order valence-electron chi connectivity index (χ3n) is 3.87. The lowest BCUT2D eigenvalue weighted by Crippen LogP contribution is -2.40. The summed E-state index contributed by atoms with van der Waals surface area (Å²) in [5, 5.41) is 6.84. The molecule has 1 unspecified atom stereocenters. The molecule has 0 saturated carbocycles. The minimum Gasteiger partial charge on any atom is -0.382 e. The van der Waals surface area contributed by atoms with Crippen molar-refractivity contribution < 1.29 is 4.74 Å². The number of aromatic nitrogens is 1. The highest BCUT2D eigenvalue weighted by atomic mass is 32.1. The number of ether oxygens (including phenoxy) is 1. The Bertz CT molecular complexity index is 604. The Balaban J connectivity index is 1.67. The Morgan fingerprint density at radius 1 is 1.29 bits per heavy atom. The van der Waals surface area contributed by atoms with Gasteiger partial charge in [-0.15, -0.1) is 11.3 Å². The molecule has 0 spiro atoms. The van der Waals surface area contributed by atoms with Crippen LogP contribution in [0.5, 0.6) is 0 Å². The quantitative estimate of drug-likeness (QED) is 0.907. The second kappa shape index (κ2) is 5.78. The van der Waals surface area contributed by atoms with Gasteiger partial charge in [0.15, 0.2) is 0 Å². The summed E-state index contributed by atoms with van der Waals surface area (Å²) in [4.78, 5) is 4.53. The first-order valence-corrected chi connectivity index (χ1v) is 8.33. The first-order valence-electron chi connectivity index (χ1n) is 7.45. The summed E-state index contributed by atoms with van der Waals surface area (Å²) in [6, 6.07) is 9.06. The Morgan fingerprint density at radius 2 is 2.05 bits per heavy atom. The number of rotatable bonds is 3. The first-order chi connectivity index (χ1) is 10.0. The topological polar surface area (TPSA) is 34.2 Å². The van der Waals surface area contributed by atoms with Gasteiger partial charge in [-0.1, -0.05) is 12.1 Å². The van der Waals surface area contributed by atoms with E-state index < -0.39 is 0 Å². The smallest absolute Gasteiger partial charge is 0.0901 e. The van der Waals surface area contributed by atoms with Crippen LogP contribution < -0.4 is 5.32 Å². The predicted molar refractivity (Wildman–Crippen MR) is 89.0 cm³/mol. The standard InChI is InChI=1S/C17H22N2OS/c1-12-18-16(11-21-12)13-4-6-14(7-5-13)19-15-8-9-20-17(2,3)10-15/h4-7,11,15,19H,8-10H2,1-3H3. The van der Waals surface area contributed by atoms with E-state index in [1.807, 2.05) is 6.92 Å². The van der Waals surface area contributed by atoms with E-state index in [1.165, 1.54) is 11.3 Å². The molecule has 1 aromatic heterocycles. The summed E-state index contributed by atoms with van der Waals surface area (Å²) >= 11 is 1.69. The van der Waals surface area contributed by atoms with Gasteiger partial charge in [0, 0.05) is 29.3 Å². The third-order valence-corrected chi connectivity index (χ3v) is 4.64. The van der Waals surface area contributed by atoms with E-state index in [0.717, 1.165) is 30.2 Å². The number of anilines is 1. The molecule has 3 rings (SSSR count). The van der Waals surface area contributed by atoms with Gasteiger partial charge in [-0.05, 0) is 45.7 Å². The molecule has 1 aromatic carbocycles. The number of nitrogens with zero attached hydrogens (tertiary/aromatic N) is 1. The fourth-order valence-corrected chi connectivity index (χ4v) is 3.45. The maximum Gasteiger partial charge on any atom is 0.0901 e. The Kier molecular flexibility index (Phi) is 4.00. The van der Waals surface area contributed by atoms with Crippen LogP contribution in [0.3, 0.4) is 0 Å². The Morgan fingerprint density at radius 3 is 2.67 bits per heavy atom. The van der Waals surface area contributed by atoms with Crippen LogP contribution in [-0.2, 0) is 4.74 Å². The van der Waals surface area contributed by atoms with Crippen LogP contribution in [0.4, 0.5) is 5.69 Å². The van der Waals surface area contributed by atoms with E-state index in [9.17, 15) is 0 Å². The zero-order chi connectivity index (χ0) is 14.9. The number of benzene rings is 1. The lowest BCUT2D eigenvalue weighted by molar-refractivity contribution is -0.0553. The fraction of sp³-hybridized carbons (Fsp3) is 0.471. The highest BCUT2D eigenvalue weighted by molar-refractivity contribution is 7.09. The maximum absolute atomic E-state index is 5.77. The van der Waals surface area contributed by atoms with Crippen molar-refractivity contribution in [2.24, 2.45) is 0 Å². The van der Waals surface area contributed by atoms with E-state index in [1.54, 1.807) is 11.3 Å². The van der Waals surface area contributed by atoms with Crippen LogP contribution in [0, 0.1) is 6.92 Å². The molecule has 1 N–H and O–H groups in total. The molecule has 1 fully saturated rings. The van der Waals surface area contributed by atoms with Gasteiger partial charge in [-0.2, -0.15) is 0 Å². The highest BCUT2D eigenvalue weighted by Crippen LogP contribution is 2.28. The van der Waals surface area contributed by atoms with Crippen molar-refractivity contribution in [3.05, 3.63) is 34.7 Å². The molecule has 1 atom stereocenters. The van der Waals surface area contributed by atoms with Crippen LogP contribution >= 0.6 is 11.3 Å². The van der Waals surface area contributed by atoms with Crippen molar-refractivity contribution in [1.82, 2.24) is 4.98 Å². The average molecular weight is 302 g/mol. The second-order valence-corrected chi connectivity index (χ2v) is 7.33. The van der Waals surface area contributed by atoms with Gasteiger partial charge in [0.25, 0.3) is 0 Å². The van der Waals surface area contributed by atoms with Crippen molar-refractivity contribution in [3.8, 4) is 11.3 Å². The van der Waals surface area contributed by atoms with Gasteiger partial charge in [0.2, 0.25) is 0 Å². The minimum absolute atomic E-state index is 0.0199. The summed E-state index contributed by atoms with van der Waals surface area (Å²) in [5.41, 5.74) is 3.40. The maximum atomic E-state index is 5.77. The van der Waals surface area contributed by atoms with Crippen molar-refractivity contribution in [1.29, 1.82) is 0 Å². The molecule has 21 heavy (non-hydrogen) atoms.